The second-order valence-corrected chi connectivity index (χ2v) is 8.31. The highest BCUT2D eigenvalue weighted by Crippen LogP contribution is 2.39. The summed E-state index contributed by atoms with van der Waals surface area (Å²) >= 11 is 0. The highest BCUT2D eigenvalue weighted by atomic mass is 16.6. The first-order chi connectivity index (χ1) is 12.5. The van der Waals surface area contributed by atoms with Crippen LogP contribution in [0.25, 0.3) is 0 Å². The van der Waals surface area contributed by atoms with Crippen LogP contribution in [0.15, 0.2) is 15.8 Å². The minimum Gasteiger partial charge on any atom is -0.444 e. The van der Waals surface area contributed by atoms with Crippen LogP contribution in [0.5, 0.6) is 0 Å². The van der Waals surface area contributed by atoms with Gasteiger partial charge in [0, 0.05) is 32.9 Å². The van der Waals surface area contributed by atoms with Gasteiger partial charge in [0.15, 0.2) is 0 Å². The quantitative estimate of drug-likeness (QED) is 0.774. The van der Waals surface area contributed by atoms with Gasteiger partial charge in [0.05, 0.1) is 5.54 Å². The summed E-state index contributed by atoms with van der Waals surface area (Å²) in [6.45, 7) is 6.93. The van der Waals surface area contributed by atoms with E-state index >= 15 is 0 Å². The molecule has 1 aromatic heterocycles. The van der Waals surface area contributed by atoms with E-state index in [1.165, 1.54) is 13.2 Å². The van der Waals surface area contributed by atoms with E-state index in [-0.39, 0.29) is 11.7 Å². The molecule has 0 saturated carbocycles. The number of nitrogens with one attached hydrogen (secondary N) is 1. The molecule has 9 heteroatoms. The number of hydrogen-bond donors (Lipinski definition) is 1. The fourth-order valence-electron chi connectivity index (χ4n) is 3.74. The van der Waals surface area contributed by atoms with Crippen LogP contribution in [0.3, 0.4) is 0 Å². The van der Waals surface area contributed by atoms with Crippen molar-refractivity contribution in [2.45, 2.75) is 51.2 Å². The van der Waals surface area contributed by atoms with Crippen molar-refractivity contribution in [3.05, 3.63) is 32.6 Å². The maximum Gasteiger partial charge on any atom is 0.410 e. The predicted molar refractivity (Wildman–Crippen MR) is 97.7 cm³/mol. The number of aromatic amines is 1. The third-order valence-electron chi connectivity index (χ3n) is 5.24. The number of aromatic nitrogens is 2. The van der Waals surface area contributed by atoms with Crippen LogP contribution < -0.4 is 11.2 Å². The number of piperidine rings is 1. The van der Waals surface area contributed by atoms with Gasteiger partial charge in [-0.25, -0.2) is 9.59 Å². The van der Waals surface area contributed by atoms with Crippen LogP contribution in [0, 0.1) is 0 Å². The van der Waals surface area contributed by atoms with Gasteiger partial charge >= 0.3 is 11.8 Å². The molecule has 0 unspecified atom stereocenters. The van der Waals surface area contributed by atoms with Gasteiger partial charge in [0.1, 0.15) is 11.2 Å². The zero-order valence-electron chi connectivity index (χ0n) is 16.2. The summed E-state index contributed by atoms with van der Waals surface area (Å²) in [6, 6.07) is 0. The number of H-pyrrole nitrogens is 1. The average molecular weight is 378 g/mol. The van der Waals surface area contributed by atoms with Crippen molar-refractivity contribution < 1.29 is 14.3 Å². The van der Waals surface area contributed by atoms with Crippen LogP contribution in [0.2, 0.25) is 0 Å². The molecule has 27 heavy (non-hydrogen) atoms. The number of carbonyl (C=O) groups excluding carboxylic acids is 2. The molecule has 2 aliphatic rings. The predicted octanol–water partition coefficient (Wildman–Crippen LogP) is 0.689. The number of nitrogens with zero attached hydrogens (tertiary/aromatic N) is 3. The summed E-state index contributed by atoms with van der Waals surface area (Å²) in [5, 5.41) is 0. The number of carbonyl (C=O) groups is 2. The van der Waals surface area contributed by atoms with Crippen LogP contribution in [0.1, 0.15) is 50.4 Å². The molecule has 1 N–H and O–H groups in total. The van der Waals surface area contributed by atoms with Gasteiger partial charge in [0.2, 0.25) is 0 Å². The zero-order chi connectivity index (χ0) is 20.0. The topological polar surface area (TPSA) is 105 Å². The lowest BCUT2D eigenvalue weighted by atomic mass is 9.77. The number of likely N-dealkylation sites (tertiary alicyclic amines) is 2. The molecule has 1 atom stereocenters. The Labute approximate surface area is 156 Å². The molecule has 2 fully saturated rings. The largest absolute Gasteiger partial charge is 0.444 e. The smallest absolute Gasteiger partial charge is 0.410 e. The summed E-state index contributed by atoms with van der Waals surface area (Å²) in [5.41, 5.74) is -2.31. The van der Waals surface area contributed by atoms with Crippen molar-refractivity contribution in [3.63, 3.8) is 0 Å². The van der Waals surface area contributed by atoms with E-state index < -0.39 is 28.3 Å². The summed E-state index contributed by atoms with van der Waals surface area (Å²) in [6.07, 6.45) is 3.07. The first kappa shape index (κ1) is 19.2. The number of hydrogen-bond acceptors (Lipinski definition) is 5. The number of ether oxygens (including phenoxy) is 1. The van der Waals surface area contributed by atoms with Crippen molar-refractivity contribution >= 4 is 12.0 Å². The van der Waals surface area contributed by atoms with Crippen molar-refractivity contribution in [1.82, 2.24) is 19.4 Å². The average Bonchev–Trinajstić information content (AvgIpc) is 2.57. The Kier molecular flexibility index (Phi) is 4.65. The third-order valence-corrected chi connectivity index (χ3v) is 5.24. The van der Waals surface area contributed by atoms with Crippen LogP contribution in [-0.4, -0.2) is 62.1 Å². The Balaban J connectivity index is 1.80. The molecule has 2 amide bonds. The Morgan fingerprint density at radius 3 is 2.48 bits per heavy atom. The van der Waals surface area contributed by atoms with Crippen molar-refractivity contribution in [1.29, 1.82) is 0 Å². The Morgan fingerprint density at radius 1 is 1.19 bits per heavy atom. The lowest BCUT2D eigenvalue weighted by Crippen LogP contribution is -2.69. The minimum atomic E-state index is -0.620. The number of rotatable bonds is 1. The molecule has 9 nitrogen and oxygen atoms in total. The zero-order valence-corrected chi connectivity index (χ0v) is 16.2. The second-order valence-electron chi connectivity index (χ2n) is 8.31. The summed E-state index contributed by atoms with van der Waals surface area (Å²) in [7, 11) is 1.33. The van der Waals surface area contributed by atoms with Gasteiger partial charge in [-0.3, -0.25) is 14.2 Å². The standard InChI is InChI=1S/C18H26N4O5/c1-17(2,3)27-16(26)21-8-5-6-18(11-21)7-9-22(18)14(24)12-10-19-15(25)20(4)13(12)23/h10H,5-9,11H2,1-4H3,(H,19,25)/t18-/m1/s1. The van der Waals surface area contributed by atoms with Crippen LogP contribution >= 0.6 is 0 Å². The van der Waals surface area contributed by atoms with Gasteiger partial charge in [0.25, 0.3) is 11.5 Å². The van der Waals surface area contributed by atoms with E-state index in [9.17, 15) is 19.2 Å². The second kappa shape index (κ2) is 6.54. The van der Waals surface area contributed by atoms with Gasteiger partial charge in [-0.2, -0.15) is 0 Å². The lowest BCUT2D eigenvalue weighted by molar-refractivity contribution is -0.0522. The van der Waals surface area contributed by atoms with E-state index in [1.807, 2.05) is 20.8 Å². The summed E-state index contributed by atoms with van der Waals surface area (Å²) < 4.78 is 6.34. The third kappa shape index (κ3) is 3.50. The van der Waals surface area contributed by atoms with Crippen LogP contribution in [0.4, 0.5) is 4.79 Å². The Hall–Kier alpha value is -2.58. The van der Waals surface area contributed by atoms with Gasteiger partial charge in [-0.05, 0) is 40.0 Å². The Bertz CT molecular complexity index is 881. The normalized spacial score (nSPS) is 22.5. The molecule has 0 radical (unpaired) electrons. The maximum atomic E-state index is 12.9. The molecular formula is C18H26N4O5. The number of amides is 2. The van der Waals surface area contributed by atoms with Gasteiger partial charge in [-0.1, -0.05) is 0 Å². The fourth-order valence-corrected chi connectivity index (χ4v) is 3.74. The van der Waals surface area contributed by atoms with E-state index in [2.05, 4.69) is 4.98 Å². The van der Waals surface area contributed by atoms with Crippen LogP contribution in [-0.2, 0) is 11.8 Å². The molecule has 1 spiro atoms. The van der Waals surface area contributed by atoms with Crippen molar-refractivity contribution in [3.8, 4) is 0 Å². The van der Waals surface area contributed by atoms with E-state index in [0.29, 0.717) is 19.6 Å². The molecule has 148 valence electrons. The Morgan fingerprint density at radius 2 is 1.89 bits per heavy atom. The van der Waals surface area contributed by atoms with E-state index in [4.69, 9.17) is 4.74 Å². The molecule has 1 aromatic rings. The monoisotopic (exact) mass is 378 g/mol. The minimum absolute atomic E-state index is 0.0643. The summed E-state index contributed by atoms with van der Waals surface area (Å²) in [4.78, 5) is 54.9. The highest BCUT2D eigenvalue weighted by molar-refractivity contribution is 5.94. The van der Waals surface area contributed by atoms with E-state index in [0.717, 1.165) is 23.8 Å². The molecule has 2 saturated heterocycles. The molecule has 3 heterocycles. The van der Waals surface area contributed by atoms with Gasteiger partial charge in [-0.15, -0.1) is 0 Å². The molecule has 0 bridgehead atoms. The SMILES string of the molecule is Cn1c(=O)[nH]cc(C(=O)N2CC[C@@]23CCCN(C(=O)OC(C)(C)C)C3)c1=O. The van der Waals surface area contributed by atoms with Crippen molar-refractivity contribution in [2.24, 2.45) is 7.05 Å². The highest BCUT2D eigenvalue weighted by Gasteiger charge is 2.51. The maximum absolute atomic E-state index is 12.9. The fraction of sp³-hybridized carbons (Fsp3) is 0.667. The van der Waals surface area contributed by atoms with E-state index in [1.54, 1.807) is 9.80 Å². The molecule has 2 aliphatic heterocycles. The molecule has 3 rings (SSSR count). The molecular weight excluding hydrogens is 352 g/mol. The first-order valence-corrected chi connectivity index (χ1v) is 9.13. The first-order valence-electron chi connectivity index (χ1n) is 9.13. The molecule has 0 aromatic carbocycles. The molecule has 0 aliphatic carbocycles. The van der Waals surface area contributed by atoms with Crippen molar-refractivity contribution in [2.75, 3.05) is 19.6 Å². The summed E-state index contributed by atoms with van der Waals surface area (Å²) in [5.74, 6) is -0.413. The lowest BCUT2D eigenvalue weighted by Gasteiger charge is -2.56. The van der Waals surface area contributed by atoms with Gasteiger partial charge < -0.3 is 19.5 Å².